The van der Waals surface area contributed by atoms with E-state index in [4.69, 9.17) is 4.74 Å². The third kappa shape index (κ3) is 4.08. The van der Waals surface area contributed by atoms with Crippen molar-refractivity contribution in [2.24, 2.45) is 0 Å². The lowest BCUT2D eigenvalue weighted by molar-refractivity contribution is -0.141. The van der Waals surface area contributed by atoms with Crippen LogP contribution in [0.4, 0.5) is 0 Å². The van der Waals surface area contributed by atoms with Gasteiger partial charge in [0.25, 0.3) is 5.91 Å². The van der Waals surface area contributed by atoms with E-state index in [2.05, 4.69) is 4.90 Å². The molecule has 1 aliphatic rings. The number of amides is 1. The molecule has 1 atom stereocenters. The van der Waals surface area contributed by atoms with Gasteiger partial charge in [0.05, 0.1) is 6.61 Å². The first-order valence-corrected chi connectivity index (χ1v) is 5.92. The van der Waals surface area contributed by atoms with Crippen molar-refractivity contribution in [1.82, 2.24) is 9.80 Å². The Morgan fingerprint density at radius 1 is 1.38 bits per heavy atom. The minimum atomic E-state index is -0.880. The molecule has 1 amide bonds. The van der Waals surface area contributed by atoms with Crippen molar-refractivity contribution in [3.63, 3.8) is 0 Å². The summed E-state index contributed by atoms with van der Waals surface area (Å²) in [6, 6.07) is 0. The zero-order chi connectivity index (χ0) is 12.0. The quantitative estimate of drug-likeness (QED) is 0.650. The van der Waals surface area contributed by atoms with Crippen molar-refractivity contribution in [2.45, 2.75) is 20.0 Å². The molecule has 5 heteroatoms. The number of aliphatic hydroxyl groups is 1. The van der Waals surface area contributed by atoms with E-state index in [1.165, 1.54) is 6.92 Å². The summed E-state index contributed by atoms with van der Waals surface area (Å²) in [7, 11) is 0. The van der Waals surface area contributed by atoms with Crippen LogP contribution in [0.3, 0.4) is 0 Å². The molecule has 1 rings (SSSR count). The molecule has 0 saturated carbocycles. The molecule has 1 fully saturated rings. The number of nitrogens with zero attached hydrogens (tertiary/aromatic N) is 2. The van der Waals surface area contributed by atoms with Crippen molar-refractivity contribution in [3.05, 3.63) is 0 Å². The highest BCUT2D eigenvalue weighted by atomic mass is 16.5. The van der Waals surface area contributed by atoms with Crippen LogP contribution in [0.15, 0.2) is 0 Å². The highest BCUT2D eigenvalue weighted by molar-refractivity contribution is 5.80. The maximum Gasteiger partial charge on any atom is 0.251 e. The van der Waals surface area contributed by atoms with Crippen molar-refractivity contribution < 1.29 is 14.6 Å². The standard InChI is InChI=1S/C11H22N2O3/c1-3-16-9-8-12-4-6-13(7-5-12)11(15)10(2)14/h10,14H,3-9H2,1-2H3. The lowest BCUT2D eigenvalue weighted by atomic mass is 10.2. The van der Waals surface area contributed by atoms with Gasteiger partial charge < -0.3 is 14.7 Å². The molecule has 16 heavy (non-hydrogen) atoms. The molecule has 0 radical (unpaired) electrons. The zero-order valence-electron chi connectivity index (χ0n) is 10.2. The fraction of sp³-hybridized carbons (Fsp3) is 0.909. The van der Waals surface area contributed by atoms with Crippen LogP contribution in [0.1, 0.15) is 13.8 Å². The Labute approximate surface area is 97.0 Å². The number of aliphatic hydroxyl groups excluding tert-OH is 1. The summed E-state index contributed by atoms with van der Waals surface area (Å²) in [6.07, 6.45) is -0.880. The van der Waals surface area contributed by atoms with E-state index >= 15 is 0 Å². The Morgan fingerprint density at radius 3 is 2.50 bits per heavy atom. The second-order valence-corrected chi connectivity index (χ2v) is 4.04. The largest absolute Gasteiger partial charge is 0.384 e. The Kier molecular flexibility index (Phi) is 5.73. The molecule has 0 aromatic rings. The first-order valence-electron chi connectivity index (χ1n) is 5.92. The van der Waals surface area contributed by atoms with E-state index in [1.54, 1.807) is 4.90 Å². The van der Waals surface area contributed by atoms with E-state index in [0.29, 0.717) is 13.1 Å². The van der Waals surface area contributed by atoms with E-state index in [0.717, 1.165) is 32.8 Å². The van der Waals surface area contributed by atoms with Gasteiger partial charge >= 0.3 is 0 Å². The molecular formula is C11H22N2O3. The molecule has 1 unspecified atom stereocenters. The van der Waals surface area contributed by atoms with Crippen molar-refractivity contribution in [3.8, 4) is 0 Å². The van der Waals surface area contributed by atoms with E-state index in [1.807, 2.05) is 6.92 Å². The van der Waals surface area contributed by atoms with Gasteiger partial charge in [-0.2, -0.15) is 0 Å². The first kappa shape index (κ1) is 13.4. The normalized spacial score (nSPS) is 19.8. The third-order valence-corrected chi connectivity index (χ3v) is 2.80. The molecule has 1 saturated heterocycles. The number of piperazine rings is 1. The number of carbonyl (C=O) groups is 1. The molecular weight excluding hydrogens is 208 g/mol. The van der Waals surface area contributed by atoms with E-state index in [9.17, 15) is 9.90 Å². The van der Waals surface area contributed by atoms with Gasteiger partial charge in [-0.15, -0.1) is 0 Å². The Morgan fingerprint density at radius 2 is 2.00 bits per heavy atom. The van der Waals surface area contributed by atoms with Crippen LogP contribution in [-0.2, 0) is 9.53 Å². The van der Waals surface area contributed by atoms with Crippen molar-refractivity contribution >= 4 is 5.91 Å². The molecule has 0 aromatic heterocycles. The van der Waals surface area contributed by atoms with Gasteiger partial charge in [0.1, 0.15) is 6.10 Å². The minimum absolute atomic E-state index is 0.163. The lowest BCUT2D eigenvalue weighted by Gasteiger charge is -2.35. The summed E-state index contributed by atoms with van der Waals surface area (Å²) in [5.74, 6) is -0.163. The SMILES string of the molecule is CCOCCN1CCN(C(=O)C(C)O)CC1. The molecule has 1 heterocycles. The summed E-state index contributed by atoms with van der Waals surface area (Å²) >= 11 is 0. The van der Waals surface area contributed by atoms with Gasteiger partial charge in [-0.25, -0.2) is 0 Å². The number of rotatable bonds is 5. The molecule has 0 bridgehead atoms. The monoisotopic (exact) mass is 230 g/mol. The average Bonchev–Trinajstić information content (AvgIpc) is 2.29. The highest BCUT2D eigenvalue weighted by Crippen LogP contribution is 2.03. The van der Waals surface area contributed by atoms with Gasteiger partial charge in [-0.05, 0) is 13.8 Å². The Balaban J connectivity index is 2.20. The van der Waals surface area contributed by atoms with Crippen molar-refractivity contribution in [1.29, 1.82) is 0 Å². The molecule has 94 valence electrons. The fourth-order valence-electron chi connectivity index (χ4n) is 1.79. The molecule has 1 aliphatic heterocycles. The topological polar surface area (TPSA) is 53.0 Å². The second kappa shape index (κ2) is 6.83. The summed E-state index contributed by atoms with van der Waals surface area (Å²) in [5, 5.41) is 9.19. The van der Waals surface area contributed by atoms with E-state index < -0.39 is 6.10 Å². The minimum Gasteiger partial charge on any atom is -0.384 e. The second-order valence-electron chi connectivity index (χ2n) is 4.04. The third-order valence-electron chi connectivity index (χ3n) is 2.80. The van der Waals surface area contributed by atoms with Gasteiger partial charge in [0, 0.05) is 39.3 Å². The average molecular weight is 230 g/mol. The van der Waals surface area contributed by atoms with Gasteiger partial charge in [-0.1, -0.05) is 0 Å². The van der Waals surface area contributed by atoms with Gasteiger partial charge in [0.2, 0.25) is 0 Å². The van der Waals surface area contributed by atoms with Gasteiger partial charge in [0.15, 0.2) is 0 Å². The smallest absolute Gasteiger partial charge is 0.251 e. The van der Waals surface area contributed by atoms with Crippen LogP contribution >= 0.6 is 0 Å². The number of ether oxygens (including phenoxy) is 1. The maximum absolute atomic E-state index is 11.5. The van der Waals surface area contributed by atoms with Crippen LogP contribution in [0, 0.1) is 0 Å². The van der Waals surface area contributed by atoms with Crippen LogP contribution < -0.4 is 0 Å². The zero-order valence-corrected chi connectivity index (χ0v) is 10.2. The Hall–Kier alpha value is -0.650. The molecule has 0 aliphatic carbocycles. The lowest BCUT2D eigenvalue weighted by Crippen LogP contribution is -2.51. The molecule has 0 spiro atoms. The summed E-state index contributed by atoms with van der Waals surface area (Å²) in [5.41, 5.74) is 0. The summed E-state index contributed by atoms with van der Waals surface area (Å²) in [6.45, 7) is 9.07. The number of hydrogen-bond acceptors (Lipinski definition) is 4. The maximum atomic E-state index is 11.5. The van der Waals surface area contributed by atoms with Crippen LogP contribution in [-0.4, -0.2) is 72.9 Å². The van der Waals surface area contributed by atoms with Crippen molar-refractivity contribution in [2.75, 3.05) is 45.9 Å². The highest BCUT2D eigenvalue weighted by Gasteiger charge is 2.23. The number of carbonyl (C=O) groups excluding carboxylic acids is 1. The first-order chi connectivity index (χ1) is 7.65. The Bertz CT molecular complexity index is 213. The predicted octanol–water partition coefficient (Wildman–Crippen LogP) is -0.452. The number of hydrogen-bond donors (Lipinski definition) is 1. The van der Waals surface area contributed by atoms with Gasteiger partial charge in [-0.3, -0.25) is 9.69 Å². The molecule has 1 N–H and O–H groups in total. The van der Waals surface area contributed by atoms with E-state index in [-0.39, 0.29) is 5.91 Å². The van der Waals surface area contributed by atoms with Crippen LogP contribution in [0.2, 0.25) is 0 Å². The molecule has 0 aromatic carbocycles. The fourth-order valence-corrected chi connectivity index (χ4v) is 1.79. The predicted molar refractivity (Wildman–Crippen MR) is 61.2 cm³/mol. The van der Waals surface area contributed by atoms with Crippen LogP contribution in [0.25, 0.3) is 0 Å². The summed E-state index contributed by atoms with van der Waals surface area (Å²) in [4.78, 5) is 15.5. The molecule has 5 nitrogen and oxygen atoms in total. The van der Waals surface area contributed by atoms with Crippen LogP contribution in [0.5, 0.6) is 0 Å². The summed E-state index contributed by atoms with van der Waals surface area (Å²) < 4.78 is 5.29.